The molecule has 0 aliphatic heterocycles. The Kier molecular flexibility index (Phi) is 3.88. The van der Waals surface area contributed by atoms with Crippen molar-refractivity contribution in [2.75, 3.05) is 0 Å². The zero-order chi connectivity index (χ0) is 12.3. The highest BCUT2D eigenvalue weighted by molar-refractivity contribution is 9.10. The minimum atomic E-state index is 0.665. The average molecular weight is 304 g/mol. The lowest BCUT2D eigenvalue weighted by molar-refractivity contribution is 1.33. The molecule has 0 aromatic heterocycles. The third-order valence-corrected chi connectivity index (χ3v) is 3.92. The van der Waals surface area contributed by atoms with Gasteiger partial charge >= 0.3 is 0 Å². The summed E-state index contributed by atoms with van der Waals surface area (Å²) in [6.07, 6.45) is 0. The first-order valence-corrected chi connectivity index (χ1v) is 6.74. The molecular weight excluding hydrogens is 294 g/mol. The molecule has 1 nitrogen and oxygen atoms in total. The highest BCUT2D eigenvalue weighted by Gasteiger charge is 2.02. The van der Waals surface area contributed by atoms with Gasteiger partial charge in [0.25, 0.3) is 0 Å². The number of halogens is 1. The lowest BCUT2D eigenvalue weighted by atomic mass is 10.2. The van der Waals surface area contributed by atoms with Crippen LogP contribution in [0.25, 0.3) is 0 Å². The quantitative estimate of drug-likeness (QED) is 0.797. The number of nitriles is 1. The van der Waals surface area contributed by atoms with Crippen LogP contribution in [0, 0.1) is 18.3 Å². The Morgan fingerprint density at radius 1 is 1.12 bits per heavy atom. The molecule has 2 rings (SSSR count). The van der Waals surface area contributed by atoms with E-state index in [1.807, 2.05) is 18.2 Å². The van der Waals surface area contributed by atoms with Gasteiger partial charge in [0.2, 0.25) is 0 Å². The Morgan fingerprint density at radius 3 is 2.53 bits per heavy atom. The van der Waals surface area contributed by atoms with Crippen LogP contribution >= 0.6 is 27.7 Å². The Bertz CT molecular complexity index is 587. The smallest absolute Gasteiger partial charge is 0.100 e. The first-order valence-electron chi connectivity index (χ1n) is 5.13. The van der Waals surface area contributed by atoms with Crippen molar-refractivity contribution >= 4 is 27.7 Å². The van der Waals surface area contributed by atoms with Crippen LogP contribution < -0.4 is 0 Å². The predicted octanol–water partition coefficient (Wildman–Crippen LogP) is 4.78. The van der Waals surface area contributed by atoms with E-state index in [0.29, 0.717) is 5.56 Å². The average Bonchev–Trinajstić information content (AvgIpc) is 2.29. The third-order valence-electron chi connectivity index (χ3n) is 2.29. The van der Waals surface area contributed by atoms with E-state index in [1.54, 1.807) is 11.8 Å². The molecule has 3 heteroatoms. The first kappa shape index (κ1) is 12.2. The van der Waals surface area contributed by atoms with E-state index in [2.05, 4.69) is 53.2 Å². The SMILES string of the molecule is Cc1cccc(Sc2ccc(C#N)c(Br)c2)c1. The van der Waals surface area contributed by atoms with Crippen molar-refractivity contribution < 1.29 is 0 Å². The van der Waals surface area contributed by atoms with Gasteiger partial charge in [-0.1, -0.05) is 29.5 Å². The normalized spacial score (nSPS) is 9.94. The zero-order valence-corrected chi connectivity index (χ0v) is 11.7. The van der Waals surface area contributed by atoms with E-state index in [1.165, 1.54) is 10.5 Å². The fourth-order valence-corrected chi connectivity index (χ4v) is 3.06. The van der Waals surface area contributed by atoms with Crippen LogP contribution in [0.1, 0.15) is 11.1 Å². The summed E-state index contributed by atoms with van der Waals surface area (Å²) in [6.45, 7) is 2.08. The van der Waals surface area contributed by atoms with Crippen molar-refractivity contribution in [3.05, 3.63) is 58.1 Å². The zero-order valence-electron chi connectivity index (χ0n) is 9.27. The third kappa shape index (κ3) is 3.12. The number of aryl methyl sites for hydroxylation is 1. The van der Waals surface area contributed by atoms with Gasteiger partial charge in [0.1, 0.15) is 6.07 Å². The van der Waals surface area contributed by atoms with E-state index in [4.69, 9.17) is 5.26 Å². The summed E-state index contributed by atoms with van der Waals surface area (Å²) in [5.74, 6) is 0. The van der Waals surface area contributed by atoms with Gasteiger partial charge in [-0.2, -0.15) is 5.26 Å². The number of hydrogen-bond acceptors (Lipinski definition) is 2. The van der Waals surface area contributed by atoms with Gasteiger partial charge in [-0.25, -0.2) is 0 Å². The molecule has 84 valence electrons. The summed E-state index contributed by atoms with van der Waals surface area (Å²) < 4.78 is 0.845. The Morgan fingerprint density at radius 2 is 1.88 bits per heavy atom. The standard InChI is InChI=1S/C14H10BrNS/c1-10-3-2-4-12(7-10)17-13-6-5-11(9-16)14(15)8-13/h2-8H,1H3. The molecule has 2 aromatic rings. The first-order chi connectivity index (χ1) is 8.19. The molecule has 0 spiro atoms. The van der Waals surface area contributed by atoms with Crippen molar-refractivity contribution in [3.63, 3.8) is 0 Å². The second-order valence-corrected chi connectivity index (χ2v) is 5.67. The maximum atomic E-state index is 8.85. The van der Waals surface area contributed by atoms with Crippen LogP contribution in [0.2, 0.25) is 0 Å². The topological polar surface area (TPSA) is 23.8 Å². The van der Waals surface area contributed by atoms with Crippen LogP contribution in [-0.4, -0.2) is 0 Å². The van der Waals surface area contributed by atoms with Crippen molar-refractivity contribution in [2.24, 2.45) is 0 Å². The lowest BCUT2D eigenvalue weighted by Crippen LogP contribution is -1.80. The minimum absolute atomic E-state index is 0.665. The molecule has 0 radical (unpaired) electrons. The van der Waals surface area contributed by atoms with Crippen LogP contribution in [0.5, 0.6) is 0 Å². The second-order valence-electron chi connectivity index (χ2n) is 3.67. The fourth-order valence-electron chi connectivity index (χ4n) is 1.46. The van der Waals surface area contributed by atoms with Gasteiger partial charge in [0.05, 0.1) is 5.56 Å². The number of rotatable bonds is 2. The van der Waals surface area contributed by atoms with E-state index < -0.39 is 0 Å². The lowest BCUT2D eigenvalue weighted by Gasteiger charge is -2.04. The number of benzene rings is 2. The summed E-state index contributed by atoms with van der Waals surface area (Å²) in [6, 6.07) is 16.3. The monoisotopic (exact) mass is 303 g/mol. The van der Waals surface area contributed by atoms with Gasteiger partial charge in [-0.05, 0) is 53.2 Å². The molecule has 0 fully saturated rings. The van der Waals surface area contributed by atoms with Crippen LogP contribution in [0.4, 0.5) is 0 Å². The molecule has 0 heterocycles. The number of nitrogens with zero attached hydrogens (tertiary/aromatic N) is 1. The van der Waals surface area contributed by atoms with Gasteiger partial charge in [0.15, 0.2) is 0 Å². The molecule has 0 saturated carbocycles. The Labute approximate surface area is 114 Å². The largest absolute Gasteiger partial charge is 0.192 e. The maximum absolute atomic E-state index is 8.85. The van der Waals surface area contributed by atoms with Crippen molar-refractivity contribution in [1.29, 1.82) is 5.26 Å². The molecule has 0 bridgehead atoms. The minimum Gasteiger partial charge on any atom is -0.192 e. The molecule has 0 N–H and O–H groups in total. The molecule has 0 saturated heterocycles. The fraction of sp³-hybridized carbons (Fsp3) is 0.0714. The van der Waals surface area contributed by atoms with Crippen LogP contribution in [0.3, 0.4) is 0 Å². The van der Waals surface area contributed by atoms with E-state index in [-0.39, 0.29) is 0 Å². The molecule has 2 aromatic carbocycles. The highest BCUT2D eigenvalue weighted by atomic mass is 79.9. The van der Waals surface area contributed by atoms with E-state index in [9.17, 15) is 0 Å². The molecule has 0 atom stereocenters. The van der Waals surface area contributed by atoms with Crippen LogP contribution in [0.15, 0.2) is 56.7 Å². The van der Waals surface area contributed by atoms with Crippen molar-refractivity contribution in [2.45, 2.75) is 16.7 Å². The Balaban J connectivity index is 2.25. The number of hydrogen-bond donors (Lipinski definition) is 0. The molecule has 17 heavy (non-hydrogen) atoms. The van der Waals surface area contributed by atoms with Crippen molar-refractivity contribution in [3.8, 4) is 6.07 Å². The molecule has 0 aliphatic carbocycles. The van der Waals surface area contributed by atoms with Gasteiger partial charge < -0.3 is 0 Å². The van der Waals surface area contributed by atoms with Gasteiger partial charge in [-0.15, -0.1) is 0 Å². The molecule has 0 aliphatic rings. The summed E-state index contributed by atoms with van der Waals surface area (Å²) in [5.41, 5.74) is 1.92. The second kappa shape index (κ2) is 5.39. The predicted molar refractivity (Wildman–Crippen MR) is 74.2 cm³/mol. The van der Waals surface area contributed by atoms with Crippen molar-refractivity contribution in [1.82, 2.24) is 0 Å². The summed E-state index contributed by atoms with van der Waals surface area (Å²) in [5, 5.41) is 8.85. The van der Waals surface area contributed by atoms with Gasteiger partial charge in [-0.3, -0.25) is 0 Å². The van der Waals surface area contributed by atoms with Crippen LogP contribution in [-0.2, 0) is 0 Å². The Hall–Kier alpha value is -1.24. The molecule has 0 unspecified atom stereocenters. The summed E-state index contributed by atoms with van der Waals surface area (Å²) in [4.78, 5) is 2.34. The molecular formula is C14H10BrNS. The van der Waals surface area contributed by atoms with E-state index >= 15 is 0 Å². The maximum Gasteiger partial charge on any atom is 0.100 e. The molecule has 0 amide bonds. The highest BCUT2D eigenvalue weighted by Crippen LogP contribution is 2.31. The van der Waals surface area contributed by atoms with E-state index in [0.717, 1.165) is 9.37 Å². The summed E-state index contributed by atoms with van der Waals surface area (Å²) >= 11 is 5.09. The van der Waals surface area contributed by atoms with Gasteiger partial charge in [0, 0.05) is 14.3 Å². The summed E-state index contributed by atoms with van der Waals surface area (Å²) in [7, 11) is 0.